The van der Waals surface area contributed by atoms with Crippen LogP contribution in [0.25, 0.3) is 0 Å². The van der Waals surface area contributed by atoms with Crippen LogP contribution in [0.5, 0.6) is 0 Å². The summed E-state index contributed by atoms with van der Waals surface area (Å²) in [5, 5.41) is 0. The van der Waals surface area contributed by atoms with Crippen LogP contribution in [0, 0.1) is 17.3 Å². The van der Waals surface area contributed by atoms with E-state index in [1.54, 1.807) is 0 Å². The summed E-state index contributed by atoms with van der Waals surface area (Å²) in [6.45, 7) is 4.63. The third-order valence-corrected chi connectivity index (χ3v) is 3.64. The van der Waals surface area contributed by atoms with Crippen molar-refractivity contribution in [2.24, 2.45) is 17.3 Å². The predicted molar refractivity (Wildman–Crippen MR) is 44.2 cm³/mol. The van der Waals surface area contributed by atoms with Gasteiger partial charge in [0.1, 0.15) is 5.78 Å². The highest BCUT2D eigenvalue weighted by molar-refractivity contribution is 5.83. The van der Waals surface area contributed by atoms with Gasteiger partial charge in [0.15, 0.2) is 0 Å². The molecule has 0 aromatic rings. The summed E-state index contributed by atoms with van der Waals surface area (Å²) in [7, 11) is 0. The van der Waals surface area contributed by atoms with Crippen LogP contribution < -0.4 is 0 Å². The molecule has 0 radical (unpaired) electrons. The third kappa shape index (κ3) is 1.02. The van der Waals surface area contributed by atoms with Crippen molar-refractivity contribution in [3.8, 4) is 0 Å². The Kier molecular flexibility index (Phi) is 1.39. The van der Waals surface area contributed by atoms with Crippen LogP contribution in [0.1, 0.15) is 39.5 Å². The molecule has 3 rings (SSSR count). The number of ketones is 1. The number of fused-ring (bicyclic) bond motifs is 3. The Labute approximate surface area is 68.2 Å². The minimum atomic E-state index is 0.426. The van der Waals surface area contributed by atoms with Gasteiger partial charge in [0.05, 0.1) is 0 Å². The van der Waals surface area contributed by atoms with Gasteiger partial charge in [-0.25, -0.2) is 0 Å². The second-order valence-corrected chi connectivity index (χ2v) is 4.83. The molecule has 3 saturated carbocycles. The number of rotatable bonds is 0. The third-order valence-electron chi connectivity index (χ3n) is 3.64. The fourth-order valence-corrected chi connectivity index (χ4v) is 2.76. The maximum atomic E-state index is 11.3. The highest BCUT2D eigenvalue weighted by atomic mass is 16.1. The lowest BCUT2D eigenvalue weighted by Crippen LogP contribution is -2.42. The average Bonchev–Trinajstić information content (AvgIpc) is 1.90. The first kappa shape index (κ1) is 7.33. The highest BCUT2D eigenvalue weighted by Gasteiger charge is 2.45. The van der Waals surface area contributed by atoms with Crippen molar-refractivity contribution in [3.63, 3.8) is 0 Å². The van der Waals surface area contributed by atoms with Crippen molar-refractivity contribution in [2.75, 3.05) is 0 Å². The minimum Gasteiger partial charge on any atom is -0.299 e. The summed E-state index contributed by atoms with van der Waals surface area (Å²) >= 11 is 0. The standard InChI is InChI=1S/C10H16O/c1-10(2)6-7-3-4-8(10)5-9(7)11/h7-8H,3-6H2,1-2H3/t7-,8-/m0/s1. The molecule has 2 atom stereocenters. The molecule has 0 aromatic heterocycles. The van der Waals surface area contributed by atoms with Crippen molar-refractivity contribution < 1.29 is 4.79 Å². The molecular formula is C10H16O. The van der Waals surface area contributed by atoms with Gasteiger partial charge in [-0.3, -0.25) is 4.79 Å². The summed E-state index contributed by atoms with van der Waals surface area (Å²) in [5.74, 6) is 1.66. The molecule has 0 N–H and O–H groups in total. The van der Waals surface area contributed by atoms with Crippen molar-refractivity contribution in [1.29, 1.82) is 0 Å². The van der Waals surface area contributed by atoms with E-state index in [-0.39, 0.29) is 0 Å². The van der Waals surface area contributed by atoms with Crippen LogP contribution in [0.4, 0.5) is 0 Å². The first-order valence-electron chi connectivity index (χ1n) is 4.62. The number of carbonyl (C=O) groups is 1. The number of carbonyl (C=O) groups excluding carboxylic acids is 1. The Hall–Kier alpha value is -0.330. The van der Waals surface area contributed by atoms with E-state index in [9.17, 15) is 4.79 Å². The molecule has 0 unspecified atom stereocenters. The molecule has 3 aliphatic rings. The van der Waals surface area contributed by atoms with Gasteiger partial charge in [0.25, 0.3) is 0 Å². The lowest BCUT2D eigenvalue weighted by Gasteiger charge is -2.47. The van der Waals surface area contributed by atoms with E-state index in [1.807, 2.05) is 0 Å². The van der Waals surface area contributed by atoms with Crippen LogP contribution in [-0.4, -0.2) is 5.78 Å². The fourth-order valence-electron chi connectivity index (χ4n) is 2.76. The Morgan fingerprint density at radius 1 is 1.36 bits per heavy atom. The van der Waals surface area contributed by atoms with Crippen molar-refractivity contribution in [1.82, 2.24) is 0 Å². The predicted octanol–water partition coefficient (Wildman–Crippen LogP) is 2.40. The summed E-state index contributed by atoms with van der Waals surface area (Å²) in [6, 6.07) is 0. The lowest BCUT2D eigenvalue weighted by atomic mass is 9.57. The smallest absolute Gasteiger partial charge is 0.136 e. The monoisotopic (exact) mass is 152 g/mol. The van der Waals surface area contributed by atoms with E-state index in [0.29, 0.717) is 23.0 Å². The quantitative estimate of drug-likeness (QED) is 0.521. The van der Waals surface area contributed by atoms with Crippen molar-refractivity contribution in [2.45, 2.75) is 39.5 Å². The molecule has 3 aliphatic carbocycles. The highest BCUT2D eigenvalue weighted by Crippen LogP contribution is 2.50. The minimum absolute atomic E-state index is 0.426. The van der Waals surface area contributed by atoms with Crippen molar-refractivity contribution in [3.05, 3.63) is 0 Å². The van der Waals surface area contributed by atoms with E-state index in [1.165, 1.54) is 12.8 Å². The second kappa shape index (κ2) is 2.09. The van der Waals surface area contributed by atoms with Crippen molar-refractivity contribution >= 4 is 5.78 Å². The maximum Gasteiger partial charge on any atom is 0.136 e. The van der Waals surface area contributed by atoms with Gasteiger partial charge in [0, 0.05) is 12.3 Å². The molecule has 0 aromatic carbocycles. The largest absolute Gasteiger partial charge is 0.299 e. The van der Waals surface area contributed by atoms with Crippen LogP contribution in [0.2, 0.25) is 0 Å². The Morgan fingerprint density at radius 3 is 2.36 bits per heavy atom. The molecule has 62 valence electrons. The van der Waals surface area contributed by atoms with Crippen LogP contribution in [0.15, 0.2) is 0 Å². The van der Waals surface area contributed by atoms with Gasteiger partial charge in [0.2, 0.25) is 0 Å². The molecule has 0 aliphatic heterocycles. The second-order valence-electron chi connectivity index (χ2n) is 4.83. The van der Waals surface area contributed by atoms with Gasteiger partial charge in [-0.1, -0.05) is 13.8 Å². The zero-order valence-electron chi connectivity index (χ0n) is 7.39. The van der Waals surface area contributed by atoms with E-state index in [2.05, 4.69) is 13.8 Å². The zero-order valence-corrected chi connectivity index (χ0v) is 7.39. The van der Waals surface area contributed by atoms with E-state index >= 15 is 0 Å². The van der Waals surface area contributed by atoms with Gasteiger partial charge in [-0.15, -0.1) is 0 Å². The van der Waals surface area contributed by atoms with E-state index in [0.717, 1.165) is 12.8 Å². The molecule has 1 nitrogen and oxygen atoms in total. The van der Waals surface area contributed by atoms with E-state index in [4.69, 9.17) is 0 Å². The molecule has 2 bridgehead atoms. The van der Waals surface area contributed by atoms with Gasteiger partial charge in [-0.2, -0.15) is 0 Å². The topological polar surface area (TPSA) is 17.1 Å². The maximum absolute atomic E-state index is 11.3. The molecule has 11 heavy (non-hydrogen) atoms. The molecule has 0 saturated heterocycles. The SMILES string of the molecule is CC1(C)C[C@@H]2CC[C@H]1CC2=O. The lowest BCUT2D eigenvalue weighted by molar-refractivity contribution is -0.134. The van der Waals surface area contributed by atoms with Gasteiger partial charge >= 0.3 is 0 Å². The summed E-state index contributed by atoms with van der Waals surface area (Å²) in [6.07, 6.45) is 4.49. The first-order chi connectivity index (χ1) is 5.09. The average molecular weight is 152 g/mol. The molecule has 0 amide bonds. The Bertz CT molecular complexity index is 193. The molecule has 3 fully saturated rings. The summed E-state index contributed by atoms with van der Waals surface area (Å²) in [4.78, 5) is 11.3. The Balaban J connectivity index is 2.23. The fraction of sp³-hybridized carbons (Fsp3) is 0.900. The first-order valence-corrected chi connectivity index (χ1v) is 4.62. The normalized spacial score (nSPS) is 41.1. The van der Waals surface area contributed by atoms with E-state index < -0.39 is 0 Å². The number of Topliss-reactive ketones (excluding diaryl/α,β-unsaturated/α-hetero) is 1. The molecule has 0 heterocycles. The number of hydrogen-bond acceptors (Lipinski definition) is 1. The zero-order chi connectivity index (χ0) is 8.06. The van der Waals surface area contributed by atoms with Crippen LogP contribution >= 0.6 is 0 Å². The summed E-state index contributed by atoms with van der Waals surface area (Å²) < 4.78 is 0. The van der Waals surface area contributed by atoms with Crippen LogP contribution in [-0.2, 0) is 4.79 Å². The molecular weight excluding hydrogens is 136 g/mol. The summed E-state index contributed by atoms with van der Waals surface area (Å²) in [5.41, 5.74) is 0.455. The van der Waals surface area contributed by atoms with Gasteiger partial charge in [-0.05, 0) is 30.6 Å². The Morgan fingerprint density at radius 2 is 2.09 bits per heavy atom. The molecule has 0 spiro atoms. The number of hydrogen-bond donors (Lipinski definition) is 0. The van der Waals surface area contributed by atoms with Gasteiger partial charge < -0.3 is 0 Å². The van der Waals surface area contributed by atoms with Crippen LogP contribution in [0.3, 0.4) is 0 Å². The molecule has 1 heteroatoms.